The molecule has 5 heteroatoms. The molecule has 0 unspecified atom stereocenters. The van der Waals surface area contributed by atoms with Gasteiger partial charge in [-0.25, -0.2) is 0 Å². The number of nitrogens with two attached hydrogens (primary N) is 1. The number of nitrogens with one attached hydrogen (secondary N) is 1. The number of nitrogens with zero attached hydrogens (tertiary/aromatic N) is 1. The van der Waals surface area contributed by atoms with Crippen LogP contribution in [0, 0.1) is 10.8 Å². The number of hydrogen-bond donors (Lipinski definition) is 2. The van der Waals surface area contributed by atoms with E-state index in [1.165, 1.54) is 0 Å². The predicted molar refractivity (Wildman–Crippen MR) is 54.9 cm³/mol. The fraction of sp³-hybridized carbons (Fsp3) is 0.800. The van der Waals surface area contributed by atoms with E-state index in [0.717, 1.165) is 6.54 Å². The van der Waals surface area contributed by atoms with Crippen molar-refractivity contribution in [2.75, 3.05) is 26.2 Å². The Morgan fingerprint density at radius 2 is 2.20 bits per heavy atom. The van der Waals surface area contributed by atoms with Crippen molar-refractivity contribution >= 4 is 11.8 Å². The van der Waals surface area contributed by atoms with E-state index in [0.29, 0.717) is 13.1 Å². The lowest BCUT2D eigenvalue weighted by Crippen LogP contribution is -2.40. The molecule has 3 N–H and O–H groups in total. The molecule has 2 aliphatic heterocycles. The van der Waals surface area contributed by atoms with Crippen molar-refractivity contribution in [3.8, 4) is 0 Å². The lowest BCUT2D eigenvalue weighted by atomic mass is 9.70. The molecule has 84 valence electrons. The first kappa shape index (κ1) is 10.4. The molecule has 2 rings (SSSR count). The maximum atomic E-state index is 12.1. The Kier molecular flexibility index (Phi) is 2.05. The van der Waals surface area contributed by atoms with E-state index in [4.69, 9.17) is 5.73 Å². The average Bonchev–Trinajstić information content (AvgIpc) is 2.48. The summed E-state index contributed by atoms with van der Waals surface area (Å²) in [6.07, 6.45) is 0. The highest BCUT2D eigenvalue weighted by Crippen LogP contribution is 2.49. The number of fused-ring (bicyclic) bond motifs is 1. The molecular weight excluding hydrogens is 194 g/mol. The Labute approximate surface area is 89.0 Å². The van der Waals surface area contributed by atoms with E-state index in [1.807, 2.05) is 6.92 Å². The number of carbonyl (C=O) groups is 2. The number of likely N-dealkylation sites (tertiary alicyclic amines) is 1. The van der Waals surface area contributed by atoms with Crippen molar-refractivity contribution < 1.29 is 9.59 Å². The monoisotopic (exact) mass is 211 g/mol. The molecule has 2 heterocycles. The first-order chi connectivity index (χ1) is 6.89. The zero-order chi connectivity index (χ0) is 11.3. The van der Waals surface area contributed by atoms with Crippen LogP contribution in [-0.4, -0.2) is 42.9 Å². The molecule has 0 aromatic heterocycles. The maximum Gasteiger partial charge on any atom is 0.237 e. The number of hydrogen-bond acceptors (Lipinski definition) is 3. The van der Waals surface area contributed by atoms with Gasteiger partial charge >= 0.3 is 0 Å². The van der Waals surface area contributed by atoms with Crippen LogP contribution in [0.1, 0.15) is 13.8 Å². The zero-order valence-electron chi connectivity index (χ0n) is 9.17. The van der Waals surface area contributed by atoms with Crippen LogP contribution in [0.4, 0.5) is 0 Å². The molecule has 2 aliphatic rings. The predicted octanol–water partition coefficient (Wildman–Crippen LogP) is -1.07. The Bertz CT molecular complexity index is 331. The van der Waals surface area contributed by atoms with Crippen LogP contribution >= 0.6 is 0 Å². The third-order valence-corrected chi connectivity index (χ3v) is 3.97. The molecule has 2 fully saturated rings. The minimum atomic E-state index is -0.441. The van der Waals surface area contributed by atoms with Gasteiger partial charge in [0.05, 0.1) is 12.0 Å². The summed E-state index contributed by atoms with van der Waals surface area (Å²) in [5, 5.41) is 3.25. The Balaban J connectivity index is 2.24. The van der Waals surface area contributed by atoms with Gasteiger partial charge in [0.2, 0.25) is 11.8 Å². The summed E-state index contributed by atoms with van der Waals surface area (Å²) in [6.45, 7) is 6.24. The minimum Gasteiger partial charge on any atom is -0.368 e. The topological polar surface area (TPSA) is 75.4 Å². The van der Waals surface area contributed by atoms with Gasteiger partial charge in [0.15, 0.2) is 0 Å². The Hall–Kier alpha value is -1.10. The van der Waals surface area contributed by atoms with Crippen molar-refractivity contribution in [1.82, 2.24) is 10.2 Å². The summed E-state index contributed by atoms with van der Waals surface area (Å²) >= 11 is 0. The van der Waals surface area contributed by atoms with E-state index in [9.17, 15) is 9.59 Å². The summed E-state index contributed by atoms with van der Waals surface area (Å²) in [6, 6.07) is 0. The van der Waals surface area contributed by atoms with Gasteiger partial charge in [-0.1, -0.05) is 6.92 Å². The molecule has 2 saturated heterocycles. The third-order valence-electron chi connectivity index (χ3n) is 3.97. The van der Waals surface area contributed by atoms with Crippen LogP contribution in [0.2, 0.25) is 0 Å². The average molecular weight is 211 g/mol. The first-order valence-corrected chi connectivity index (χ1v) is 5.17. The molecule has 2 amide bonds. The van der Waals surface area contributed by atoms with Gasteiger partial charge in [0.1, 0.15) is 0 Å². The van der Waals surface area contributed by atoms with Gasteiger partial charge < -0.3 is 16.0 Å². The summed E-state index contributed by atoms with van der Waals surface area (Å²) < 4.78 is 0. The van der Waals surface area contributed by atoms with Crippen LogP contribution in [0.5, 0.6) is 0 Å². The molecule has 0 radical (unpaired) electrons. The van der Waals surface area contributed by atoms with Crippen LogP contribution in [0.15, 0.2) is 0 Å². The van der Waals surface area contributed by atoms with Gasteiger partial charge in [-0.2, -0.15) is 0 Å². The second kappa shape index (κ2) is 2.95. The van der Waals surface area contributed by atoms with Crippen LogP contribution < -0.4 is 11.1 Å². The Morgan fingerprint density at radius 3 is 2.73 bits per heavy atom. The lowest BCUT2D eigenvalue weighted by molar-refractivity contribution is -0.138. The third kappa shape index (κ3) is 1.26. The largest absolute Gasteiger partial charge is 0.368 e. The zero-order valence-corrected chi connectivity index (χ0v) is 9.17. The SMILES string of the molecule is C[C@@]12CNC[C@]1(C)C(=O)N(CC(N)=O)C2. The first-order valence-electron chi connectivity index (χ1n) is 5.17. The number of rotatable bonds is 2. The Morgan fingerprint density at radius 1 is 1.53 bits per heavy atom. The summed E-state index contributed by atoms with van der Waals surface area (Å²) in [4.78, 5) is 24.6. The fourth-order valence-corrected chi connectivity index (χ4v) is 2.72. The molecule has 0 aliphatic carbocycles. The van der Waals surface area contributed by atoms with Crippen molar-refractivity contribution in [2.24, 2.45) is 16.6 Å². The van der Waals surface area contributed by atoms with Gasteiger partial charge in [0.25, 0.3) is 0 Å². The summed E-state index contributed by atoms with van der Waals surface area (Å²) in [5.74, 6) is -0.391. The van der Waals surface area contributed by atoms with Gasteiger partial charge in [0, 0.05) is 25.0 Å². The van der Waals surface area contributed by atoms with E-state index < -0.39 is 5.91 Å². The number of primary amides is 1. The summed E-state index contributed by atoms with van der Waals surface area (Å²) in [5.41, 5.74) is 4.68. The van der Waals surface area contributed by atoms with E-state index in [2.05, 4.69) is 12.2 Å². The molecular formula is C10H17N3O2. The highest BCUT2D eigenvalue weighted by Gasteiger charge is 2.60. The quantitative estimate of drug-likeness (QED) is 0.610. The minimum absolute atomic E-state index is 0.0456. The van der Waals surface area contributed by atoms with Gasteiger partial charge in [-0.3, -0.25) is 9.59 Å². The lowest BCUT2D eigenvalue weighted by Gasteiger charge is -2.28. The summed E-state index contributed by atoms with van der Waals surface area (Å²) in [7, 11) is 0. The molecule has 0 bridgehead atoms. The van der Waals surface area contributed by atoms with E-state index in [1.54, 1.807) is 4.90 Å². The van der Waals surface area contributed by atoms with Crippen molar-refractivity contribution in [3.63, 3.8) is 0 Å². The van der Waals surface area contributed by atoms with Gasteiger partial charge in [-0.15, -0.1) is 0 Å². The molecule has 0 saturated carbocycles. The van der Waals surface area contributed by atoms with Crippen molar-refractivity contribution in [3.05, 3.63) is 0 Å². The standard InChI is InChI=1S/C10H17N3O2/c1-9-4-12-5-10(9,2)8(15)13(6-9)3-7(11)14/h12H,3-6H2,1-2H3,(H2,11,14)/t9-,10+/m0/s1. The molecule has 0 spiro atoms. The highest BCUT2D eigenvalue weighted by molar-refractivity contribution is 5.90. The van der Waals surface area contributed by atoms with Crippen LogP contribution in [0.25, 0.3) is 0 Å². The molecule has 15 heavy (non-hydrogen) atoms. The fourth-order valence-electron chi connectivity index (χ4n) is 2.72. The molecule has 5 nitrogen and oxygen atoms in total. The van der Waals surface area contributed by atoms with Crippen LogP contribution in [-0.2, 0) is 9.59 Å². The normalized spacial score (nSPS) is 39.6. The maximum absolute atomic E-state index is 12.1. The number of carbonyl (C=O) groups excluding carboxylic acids is 2. The van der Waals surface area contributed by atoms with Crippen LogP contribution in [0.3, 0.4) is 0 Å². The van der Waals surface area contributed by atoms with Crippen molar-refractivity contribution in [1.29, 1.82) is 0 Å². The van der Waals surface area contributed by atoms with E-state index in [-0.39, 0.29) is 23.3 Å². The molecule has 2 atom stereocenters. The second-order valence-corrected chi connectivity index (χ2v) is 5.12. The highest BCUT2D eigenvalue weighted by atomic mass is 16.2. The van der Waals surface area contributed by atoms with Crippen molar-refractivity contribution in [2.45, 2.75) is 13.8 Å². The number of amides is 2. The van der Waals surface area contributed by atoms with Gasteiger partial charge in [-0.05, 0) is 6.92 Å². The second-order valence-electron chi connectivity index (χ2n) is 5.12. The molecule has 0 aromatic carbocycles. The molecule has 0 aromatic rings. The smallest absolute Gasteiger partial charge is 0.237 e. The van der Waals surface area contributed by atoms with E-state index >= 15 is 0 Å².